The van der Waals surface area contributed by atoms with Gasteiger partial charge in [0.2, 0.25) is 0 Å². The molecule has 0 heterocycles. The number of hydrogen-bond donors (Lipinski definition) is 1. The number of hydrogen-bond acceptors (Lipinski definition) is 2. The van der Waals surface area contributed by atoms with Crippen LogP contribution in [0.3, 0.4) is 0 Å². The van der Waals surface area contributed by atoms with Crippen molar-refractivity contribution in [2.75, 3.05) is 0 Å². The van der Waals surface area contributed by atoms with Crippen molar-refractivity contribution in [3.05, 3.63) is 59.4 Å². The highest BCUT2D eigenvalue weighted by atomic mass is 28.4. The van der Waals surface area contributed by atoms with Crippen molar-refractivity contribution in [2.45, 2.75) is 91.5 Å². The first kappa shape index (κ1) is 25.7. The van der Waals surface area contributed by atoms with Gasteiger partial charge in [0.25, 0.3) is 8.32 Å². The van der Waals surface area contributed by atoms with Crippen molar-refractivity contribution in [1.29, 1.82) is 0 Å². The lowest BCUT2D eigenvalue weighted by Crippen LogP contribution is -2.50. The molecule has 3 rings (SSSR count). The lowest BCUT2D eigenvalue weighted by Gasteiger charge is -2.42. The van der Waals surface area contributed by atoms with Crippen molar-refractivity contribution in [3.63, 3.8) is 0 Å². The van der Waals surface area contributed by atoms with Crippen LogP contribution in [0.25, 0.3) is 16.7 Å². The van der Waals surface area contributed by atoms with Gasteiger partial charge in [0.1, 0.15) is 11.6 Å². The number of benzene rings is 2. The van der Waals surface area contributed by atoms with E-state index in [0.717, 1.165) is 35.3 Å². The van der Waals surface area contributed by atoms with Crippen LogP contribution in [0.1, 0.15) is 79.4 Å². The van der Waals surface area contributed by atoms with E-state index in [9.17, 15) is 5.11 Å². The van der Waals surface area contributed by atoms with Crippen molar-refractivity contribution in [2.24, 2.45) is 5.41 Å². The Morgan fingerprint density at radius 3 is 2.06 bits per heavy atom. The minimum atomic E-state index is -2.15. The van der Waals surface area contributed by atoms with Gasteiger partial charge in [0.05, 0.1) is 6.61 Å². The Morgan fingerprint density at radius 2 is 1.55 bits per heavy atom. The summed E-state index contributed by atoms with van der Waals surface area (Å²) in [7, 11) is -2.15. The van der Waals surface area contributed by atoms with Gasteiger partial charge in [0, 0.05) is 5.56 Å². The fraction of sp³-hybridized carbons (Fsp3) is 0.517. The third kappa shape index (κ3) is 4.83. The van der Waals surface area contributed by atoms with E-state index in [1.165, 1.54) is 5.57 Å². The van der Waals surface area contributed by atoms with E-state index in [1.54, 1.807) is 12.1 Å². The maximum absolute atomic E-state index is 15.3. The van der Waals surface area contributed by atoms with E-state index < -0.39 is 8.32 Å². The average Bonchev–Trinajstić information content (AvgIpc) is 3.10. The quantitative estimate of drug-likeness (QED) is 0.392. The minimum Gasteiger partial charge on any atom is -0.543 e. The molecule has 33 heavy (non-hydrogen) atoms. The summed E-state index contributed by atoms with van der Waals surface area (Å²) in [6, 6.07) is 11.1. The second-order valence-corrected chi connectivity index (χ2v) is 16.5. The van der Waals surface area contributed by atoms with Crippen LogP contribution in [-0.4, -0.2) is 13.4 Å². The number of halogens is 1. The summed E-state index contributed by atoms with van der Waals surface area (Å²) >= 11 is 0. The molecule has 2 aromatic carbocycles. The van der Waals surface area contributed by atoms with E-state index in [1.807, 2.05) is 24.3 Å². The van der Waals surface area contributed by atoms with Crippen LogP contribution in [-0.2, 0) is 6.61 Å². The molecule has 0 aromatic heterocycles. The van der Waals surface area contributed by atoms with E-state index >= 15 is 4.39 Å². The smallest absolute Gasteiger partial charge is 0.258 e. The fourth-order valence-electron chi connectivity index (χ4n) is 5.94. The molecule has 0 radical (unpaired) electrons. The normalized spacial score (nSPS) is 16.1. The molecule has 0 atom stereocenters. The summed E-state index contributed by atoms with van der Waals surface area (Å²) in [5, 5.41) is 9.77. The first-order chi connectivity index (χ1) is 15.4. The molecular formula is C29H41FO2Si. The van der Waals surface area contributed by atoms with Gasteiger partial charge < -0.3 is 9.53 Å². The van der Waals surface area contributed by atoms with Crippen molar-refractivity contribution in [1.82, 2.24) is 0 Å². The van der Waals surface area contributed by atoms with Gasteiger partial charge in [-0.1, -0.05) is 73.6 Å². The summed E-state index contributed by atoms with van der Waals surface area (Å²) in [5.41, 5.74) is 5.85. The molecule has 1 N–H and O–H groups in total. The van der Waals surface area contributed by atoms with E-state index in [0.29, 0.717) is 22.2 Å². The molecule has 0 amide bonds. The lowest BCUT2D eigenvalue weighted by atomic mass is 9.79. The third-order valence-electron chi connectivity index (χ3n) is 7.63. The summed E-state index contributed by atoms with van der Waals surface area (Å²) in [5.74, 6) is 0.508. The molecule has 180 valence electrons. The predicted octanol–water partition coefficient (Wildman–Crippen LogP) is 8.74. The first-order valence-electron chi connectivity index (χ1n) is 12.4. The largest absolute Gasteiger partial charge is 0.543 e. The Morgan fingerprint density at radius 1 is 0.909 bits per heavy atom. The molecule has 0 saturated carbocycles. The summed E-state index contributed by atoms with van der Waals surface area (Å²) in [6.07, 6.45) is 4.36. The Balaban J connectivity index is 2.15. The van der Waals surface area contributed by atoms with Crippen LogP contribution in [0, 0.1) is 11.2 Å². The standard InChI is InChI=1S/C29H41FO2Si/c1-19(2)33(20(3)4,21(5)6)32-23-12-14-28(30)26(17-23)24-13-11-22(18-31)16-25(24)27-10-9-15-29(27,7)8/h10-14,16-17,19-21,31H,9,15,18H2,1-8H3. The number of allylic oxidation sites excluding steroid dienone is 2. The monoisotopic (exact) mass is 468 g/mol. The van der Waals surface area contributed by atoms with Gasteiger partial charge in [-0.25, -0.2) is 4.39 Å². The second kappa shape index (κ2) is 9.75. The molecule has 0 spiro atoms. The maximum Gasteiger partial charge on any atom is 0.258 e. The molecule has 2 aromatic rings. The van der Waals surface area contributed by atoms with Gasteiger partial charge in [-0.05, 0) is 81.4 Å². The van der Waals surface area contributed by atoms with Gasteiger partial charge >= 0.3 is 0 Å². The lowest BCUT2D eigenvalue weighted by molar-refractivity contribution is 0.282. The molecule has 1 aliphatic rings. The molecular weight excluding hydrogens is 427 g/mol. The average molecular weight is 469 g/mol. The second-order valence-electron chi connectivity index (χ2n) is 11.1. The third-order valence-corrected chi connectivity index (χ3v) is 13.6. The van der Waals surface area contributed by atoms with Crippen molar-refractivity contribution >= 4 is 13.9 Å². The Kier molecular flexibility index (Phi) is 7.60. The van der Waals surface area contributed by atoms with E-state index in [-0.39, 0.29) is 17.8 Å². The van der Waals surface area contributed by atoms with Crippen LogP contribution < -0.4 is 4.43 Å². The molecule has 0 bridgehead atoms. The molecule has 0 fully saturated rings. The van der Waals surface area contributed by atoms with Gasteiger partial charge in [0.15, 0.2) is 0 Å². The summed E-state index contributed by atoms with van der Waals surface area (Å²) < 4.78 is 22.2. The Hall–Kier alpha value is -1.91. The number of rotatable bonds is 8. The zero-order chi connectivity index (χ0) is 24.6. The van der Waals surface area contributed by atoms with Crippen LogP contribution in [0.5, 0.6) is 5.75 Å². The fourth-order valence-corrected chi connectivity index (χ4v) is 11.2. The molecule has 4 heteroatoms. The summed E-state index contributed by atoms with van der Waals surface area (Å²) in [4.78, 5) is 0. The molecule has 0 aliphatic heterocycles. The van der Waals surface area contributed by atoms with Crippen molar-refractivity contribution < 1.29 is 13.9 Å². The minimum absolute atomic E-state index is 0.0163. The van der Waals surface area contributed by atoms with Crippen LogP contribution >= 0.6 is 0 Å². The zero-order valence-electron chi connectivity index (χ0n) is 21.6. The van der Waals surface area contributed by atoms with E-state index in [4.69, 9.17) is 4.43 Å². The van der Waals surface area contributed by atoms with Gasteiger partial charge in [-0.2, -0.15) is 0 Å². The maximum atomic E-state index is 15.3. The predicted molar refractivity (Wildman–Crippen MR) is 140 cm³/mol. The Bertz CT molecular complexity index is 999. The van der Waals surface area contributed by atoms with Gasteiger partial charge in [-0.15, -0.1) is 0 Å². The molecule has 2 nitrogen and oxygen atoms in total. The Labute approximate surface area is 201 Å². The van der Waals surface area contributed by atoms with Crippen LogP contribution in [0.2, 0.25) is 16.6 Å². The molecule has 0 saturated heterocycles. The highest BCUT2D eigenvalue weighted by Crippen LogP contribution is 2.48. The molecule has 1 aliphatic carbocycles. The van der Waals surface area contributed by atoms with Crippen LogP contribution in [0.4, 0.5) is 4.39 Å². The number of aliphatic hydroxyl groups excluding tert-OH is 1. The first-order valence-corrected chi connectivity index (χ1v) is 14.5. The zero-order valence-corrected chi connectivity index (χ0v) is 22.6. The highest BCUT2D eigenvalue weighted by Gasteiger charge is 2.47. The highest BCUT2D eigenvalue weighted by molar-refractivity contribution is 6.78. The number of aliphatic hydroxyl groups is 1. The molecule has 0 unspecified atom stereocenters. The summed E-state index contributed by atoms with van der Waals surface area (Å²) in [6.45, 7) is 18.0. The van der Waals surface area contributed by atoms with Gasteiger partial charge in [-0.3, -0.25) is 0 Å². The van der Waals surface area contributed by atoms with E-state index in [2.05, 4.69) is 61.5 Å². The SMILES string of the molecule is CC(C)[Si](Oc1ccc(F)c(-c2ccc(CO)cc2C2=CCCC2(C)C)c1)(C(C)C)C(C)C. The van der Waals surface area contributed by atoms with Crippen molar-refractivity contribution in [3.8, 4) is 16.9 Å². The topological polar surface area (TPSA) is 29.5 Å². The van der Waals surface area contributed by atoms with Crippen LogP contribution in [0.15, 0.2) is 42.5 Å².